The molecule has 1 fully saturated rings. The molecule has 0 bridgehead atoms. The van der Waals surface area contributed by atoms with Crippen molar-refractivity contribution in [2.75, 3.05) is 13.7 Å². The number of esters is 1. The van der Waals surface area contributed by atoms with E-state index in [0.717, 1.165) is 11.1 Å². The van der Waals surface area contributed by atoms with Crippen LogP contribution >= 0.6 is 0 Å². The molecule has 1 N–H and O–H groups in total. The summed E-state index contributed by atoms with van der Waals surface area (Å²) in [6, 6.07) is 20.8. The summed E-state index contributed by atoms with van der Waals surface area (Å²) in [6.07, 6.45) is -3.13. The van der Waals surface area contributed by atoms with Crippen LogP contribution in [0.5, 0.6) is 0 Å². The third-order valence-corrected chi connectivity index (χ3v) is 14.7. The van der Waals surface area contributed by atoms with Crippen molar-refractivity contribution in [3.63, 3.8) is 0 Å². The number of aromatic amines is 1. The Morgan fingerprint density at radius 1 is 0.870 bits per heavy atom. The summed E-state index contributed by atoms with van der Waals surface area (Å²) in [5, 5.41) is 0. The van der Waals surface area contributed by atoms with Crippen LogP contribution in [0.3, 0.4) is 0 Å². The summed E-state index contributed by atoms with van der Waals surface area (Å²) in [5.41, 5.74) is 0.516. The zero-order chi connectivity index (χ0) is 33.7. The molecule has 4 rings (SSSR count). The highest BCUT2D eigenvalue weighted by atomic mass is 28.5. The lowest BCUT2D eigenvalue weighted by molar-refractivity contribution is -0.155. The molecule has 0 saturated carbocycles. The molecule has 1 saturated heterocycles. The van der Waals surface area contributed by atoms with Gasteiger partial charge in [-0.1, -0.05) is 60.7 Å². The van der Waals surface area contributed by atoms with Crippen LogP contribution in [-0.2, 0) is 36.1 Å². The Balaban J connectivity index is 1.76. The van der Waals surface area contributed by atoms with Gasteiger partial charge in [-0.25, -0.2) is 4.79 Å². The summed E-state index contributed by atoms with van der Waals surface area (Å²) in [6.45, 7) is 13.3. The number of carbonyl (C=O) groups excluding carboxylic acids is 1. The molecule has 0 radical (unpaired) electrons. The van der Waals surface area contributed by atoms with Crippen LogP contribution in [-0.4, -0.2) is 73.2 Å². The molecular formula is C31H44N2O10Si3. The highest BCUT2D eigenvalue weighted by Gasteiger charge is 2.56. The number of aromatic nitrogens is 2. The van der Waals surface area contributed by atoms with E-state index in [9.17, 15) is 14.4 Å². The van der Waals surface area contributed by atoms with E-state index in [0.29, 0.717) is 0 Å². The largest absolute Gasteiger partial charge is 0.659 e. The van der Waals surface area contributed by atoms with E-state index in [1.54, 1.807) is 0 Å². The lowest BCUT2D eigenvalue weighted by Gasteiger charge is -2.40. The smallest absolute Gasteiger partial charge is 0.457 e. The van der Waals surface area contributed by atoms with Gasteiger partial charge in [0.1, 0.15) is 18.3 Å². The van der Waals surface area contributed by atoms with E-state index in [1.807, 2.05) is 99.9 Å². The Bertz CT molecular complexity index is 1500. The second-order valence-electron chi connectivity index (χ2n) is 12.9. The number of ether oxygens (including phenoxy) is 3. The van der Waals surface area contributed by atoms with Gasteiger partial charge in [-0.05, 0) is 50.4 Å². The number of nitrogens with one attached hydrogen (secondary N) is 1. The highest BCUT2D eigenvalue weighted by Crippen LogP contribution is 2.37. The summed E-state index contributed by atoms with van der Waals surface area (Å²) >= 11 is 0. The average molecular weight is 689 g/mol. The number of benzene rings is 2. The number of carbonyl (C=O) groups is 1. The first-order chi connectivity index (χ1) is 21.6. The monoisotopic (exact) mass is 688 g/mol. The molecule has 15 heteroatoms. The number of hydrogen-bond donors (Lipinski definition) is 1. The molecule has 2 heterocycles. The third-order valence-electron chi connectivity index (χ3n) is 6.74. The second-order valence-corrected chi connectivity index (χ2v) is 24.5. The van der Waals surface area contributed by atoms with Crippen LogP contribution in [0.15, 0.2) is 82.5 Å². The van der Waals surface area contributed by atoms with Gasteiger partial charge < -0.3 is 31.3 Å². The zero-order valence-corrected chi connectivity index (χ0v) is 30.6. The highest BCUT2D eigenvalue weighted by molar-refractivity contribution is 6.83. The summed E-state index contributed by atoms with van der Waals surface area (Å²) in [5.74, 6) is -0.570. The summed E-state index contributed by atoms with van der Waals surface area (Å²) in [4.78, 5) is 39.0. The first-order valence-corrected chi connectivity index (χ1v) is 23.5. The fourth-order valence-corrected chi connectivity index (χ4v) is 13.5. The molecule has 0 amide bonds. The first kappa shape index (κ1) is 35.8. The van der Waals surface area contributed by atoms with Crippen molar-refractivity contribution in [1.29, 1.82) is 0 Å². The number of methoxy groups -OCH3 is 1. The van der Waals surface area contributed by atoms with Gasteiger partial charge in [-0.15, -0.1) is 0 Å². The molecule has 0 spiro atoms. The molecule has 1 aliphatic rings. The lowest BCUT2D eigenvalue weighted by atomic mass is 10.0. The van der Waals surface area contributed by atoms with Crippen molar-refractivity contribution in [2.24, 2.45) is 0 Å². The van der Waals surface area contributed by atoms with Crippen molar-refractivity contribution < 1.29 is 36.1 Å². The fraction of sp³-hybridized carbons (Fsp3) is 0.452. The van der Waals surface area contributed by atoms with Crippen LogP contribution in [0.4, 0.5) is 0 Å². The van der Waals surface area contributed by atoms with E-state index in [4.69, 9.17) is 31.3 Å². The summed E-state index contributed by atoms with van der Waals surface area (Å²) < 4.78 is 46.2. The molecule has 1 aromatic heterocycles. The first-order valence-electron chi connectivity index (χ1n) is 15.1. The molecule has 0 unspecified atom stereocenters. The molecule has 2 aromatic carbocycles. The Kier molecular flexibility index (Phi) is 11.6. The Morgan fingerprint density at radius 3 is 1.87 bits per heavy atom. The van der Waals surface area contributed by atoms with Gasteiger partial charge in [-0.2, -0.15) is 0 Å². The van der Waals surface area contributed by atoms with E-state index in [2.05, 4.69) is 4.98 Å². The SMILES string of the molecule is CO[C@@H]1[C@H](OC(C)=O)[C@@H](CO[Si](OC(c2ccccc2)c2ccccc2)(O[Si](C)(C)C)O[Si](C)(C)C)O[C@H]1n1ccc(=O)[nH]c1=O. The van der Waals surface area contributed by atoms with Gasteiger partial charge >= 0.3 is 20.7 Å². The molecule has 1 aliphatic heterocycles. The minimum atomic E-state index is -4.04. The van der Waals surface area contributed by atoms with Gasteiger partial charge in [0.2, 0.25) is 0 Å². The van der Waals surface area contributed by atoms with E-state index < -0.39 is 73.5 Å². The topological polar surface area (TPSA) is 137 Å². The third kappa shape index (κ3) is 9.52. The second kappa shape index (κ2) is 14.8. The minimum Gasteiger partial charge on any atom is -0.457 e. The standard InChI is InChI=1S/C31H44N2O10Si3/c1-22(34)39-28-25(40-30(29(28)37-2)33-20-19-26(35)32-31(33)36)21-38-46(42-44(3,4)5,43-45(6,7)8)41-27(23-15-11-9-12-16-23)24-17-13-10-14-18-24/h9-20,25,27-30H,21H2,1-8H3,(H,32,35,36)/t25-,28-,29-,30-/m1/s1. The molecule has 0 aliphatic carbocycles. The van der Waals surface area contributed by atoms with Crippen molar-refractivity contribution in [3.05, 3.63) is 105 Å². The number of rotatable bonds is 14. The number of nitrogens with zero attached hydrogens (tertiary/aromatic N) is 1. The molecular weight excluding hydrogens is 645 g/mol. The minimum absolute atomic E-state index is 0.177. The molecule has 4 atom stereocenters. The predicted molar refractivity (Wildman–Crippen MR) is 178 cm³/mol. The fourth-order valence-electron chi connectivity index (χ4n) is 5.10. The van der Waals surface area contributed by atoms with Crippen LogP contribution in [0, 0.1) is 0 Å². The Morgan fingerprint density at radius 2 is 1.41 bits per heavy atom. The number of H-pyrrole nitrogens is 1. The Hall–Kier alpha value is -3.00. The van der Waals surface area contributed by atoms with Gasteiger partial charge in [0.15, 0.2) is 29.0 Å². The van der Waals surface area contributed by atoms with Crippen LogP contribution < -0.4 is 11.2 Å². The van der Waals surface area contributed by atoms with Crippen molar-refractivity contribution in [3.8, 4) is 0 Å². The van der Waals surface area contributed by atoms with Crippen LogP contribution in [0.25, 0.3) is 0 Å². The average Bonchev–Trinajstić information content (AvgIpc) is 3.30. The zero-order valence-electron chi connectivity index (χ0n) is 27.6. The number of hydrogen-bond acceptors (Lipinski definition) is 10. The quantitative estimate of drug-likeness (QED) is 0.192. The molecule has 46 heavy (non-hydrogen) atoms. The van der Waals surface area contributed by atoms with Crippen molar-refractivity contribution in [1.82, 2.24) is 9.55 Å². The predicted octanol–water partition coefficient (Wildman–Crippen LogP) is 4.34. The van der Waals surface area contributed by atoms with Crippen molar-refractivity contribution in [2.45, 2.75) is 76.8 Å². The van der Waals surface area contributed by atoms with Crippen LogP contribution in [0.2, 0.25) is 39.3 Å². The van der Waals surface area contributed by atoms with Gasteiger partial charge in [0.25, 0.3) is 5.56 Å². The van der Waals surface area contributed by atoms with Gasteiger partial charge in [0.05, 0.1) is 6.61 Å². The van der Waals surface area contributed by atoms with Gasteiger partial charge in [0, 0.05) is 26.3 Å². The maximum atomic E-state index is 12.7. The maximum absolute atomic E-state index is 12.7. The van der Waals surface area contributed by atoms with Crippen LogP contribution in [0.1, 0.15) is 30.4 Å². The van der Waals surface area contributed by atoms with E-state index >= 15 is 0 Å². The van der Waals surface area contributed by atoms with Crippen molar-refractivity contribution >= 4 is 31.7 Å². The maximum Gasteiger partial charge on any atom is 0.659 e. The van der Waals surface area contributed by atoms with Gasteiger partial charge in [-0.3, -0.25) is 19.1 Å². The molecule has 250 valence electrons. The normalized spacial score (nSPS) is 20.6. The van der Waals surface area contributed by atoms with E-state index in [1.165, 1.54) is 30.9 Å². The molecule has 3 aromatic rings. The lowest BCUT2D eigenvalue weighted by Crippen LogP contribution is -2.60. The van der Waals surface area contributed by atoms with E-state index in [-0.39, 0.29) is 6.61 Å². The Labute approximate surface area is 272 Å². The summed E-state index contributed by atoms with van der Waals surface area (Å²) in [7, 11) is -7.42. The molecule has 12 nitrogen and oxygen atoms in total.